The zero-order chi connectivity index (χ0) is 14.1. The molecule has 106 valence electrons. The topological polar surface area (TPSA) is 73.6 Å². The Morgan fingerprint density at radius 3 is 2.74 bits per heavy atom. The Morgan fingerprint density at radius 1 is 1.32 bits per heavy atom. The van der Waals surface area contributed by atoms with Gasteiger partial charge in [0.1, 0.15) is 5.75 Å². The van der Waals surface area contributed by atoms with Crippen LogP contribution in [0.1, 0.15) is 30.6 Å². The number of amides is 1. The van der Waals surface area contributed by atoms with Gasteiger partial charge in [-0.1, -0.05) is 0 Å². The van der Waals surface area contributed by atoms with Crippen molar-refractivity contribution in [2.45, 2.75) is 20.3 Å². The van der Waals surface area contributed by atoms with Crippen molar-refractivity contribution in [3.8, 4) is 5.75 Å². The second-order valence-corrected chi connectivity index (χ2v) is 3.99. The second-order valence-electron chi connectivity index (χ2n) is 3.99. The predicted octanol–water partition coefficient (Wildman–Crippen LogP) is 1.82. The molecule has 0 bridgehead atoms. The maximum Gasteiger partial charge on any atom is 0.251 e. The van der Waals surface area contributed by atoms with Crippen molar-refractivity contribution in [1.29, 1.82) is 0 Å². The third-order valence-corrected chi connectivity index (χ3v) is 2.53. The van der Waals surface area contributed by atoms with Crippen molar-refractivity contribution in [1.82, 2.24) is 5.32 Å². The fourth-order valence-electron chi connectivity index (χ4n) is 1.60. The quantitative estimate of drug-likeness (QED) is 0.556. The molecule has 0 aliphatic rings. The van der Waals surface area contributed by atoms with Crippen molar-refractivity contribution in [3.05, 3.63) is 23.8 Å². The van der Waals surface area contributed by atoms with Crippen molar-refractivity contribution < 1.29 is 14.3 Å². The van der Waals surface area contributed by atoms with Crippen LogP contribution in [0.3, 0.4) is 0 Å². The van der Waals surface area contributed by atoms with Gasteiger partial charge in [-0.25, -0.2) is 0 Å². The standard InChI is InChI=1S/C14H22N2O3/c1-3-18-9-5-8-16-14(17)11-6-7-13(19-4-2)12(15)10-11/h6-7,10H,3-5,8-9,15H2,1-2H3,(H,16,17). The minimum absolute atomic E-state index is 0.133. The van der Waals surface area contributed by atoms with E-state index >= 15 is 0 Å². The molecule has 5 nitrogen and oxygen atoms in total. The number of hydrogen-bond acceptors (Lipinski definition) is 4. The van der Waals surface area contributed by atoms with Gasteiger partial charge in [-0.15, -0.1) is 0 Å². The smallest absolute Gasteiger partial charge is 0.251 e. The van der Waals surface area contributed by atoms with E-state index < -0.39 is 0 Å². The summed E-state index contributed by atoms with van der Waals surface area (Å²) in [6.45, 7) is 6.32. The van der Waals surface area contributed by atoms with Crippen LogP contribution in [0.4, 0.5) is 5.69 Å². The summed E-state index contributed by atoms with van der Waals surface area (Å²) < 4.78 is 10.5. The minimum Gasteiger partial charge on any atom is -0.492 e. The first-order valence-electron chi connectivity index (χ1n) is 6.57. The molecule has 0 saturated carbocycles. The van der Waals surface area contributed by atoms with E-state index in [0.29, 0.717) is 43.4 Å². The number of nitrogens with one attached hydrogen (secondary N) is 1. The first-order valence-corrected chi connectivity index (χ1v) is 6.57. The Hall–Kier alpha value is -1.75. The first-order chi connectivity index (χ1) is 9.19. The van der Waals surface area contributed by atoms with Gasteiger partial charge in [-0.3, -0.25) is 4.79 Å². The molecule has 0 aliphatic carbocycles. The predicted molar refractivity (Wildman–Crippen MR) is 75.5 cm³/mol. The van der Waals surface area contributed by atoms with Gasteiger partial charge >= 0.3 is 0 Å². The van der Waals surface area contributed by atoms with Crippen LogP contribution in [-0.4, -0.2) is 32.3 Å². The highest BCUT2D eigenvalue weighted by Crippen LogP contribution is 2.22. The Bertz CT molecular complexity index is 408. The lowest BCUT2D eigenvalue weighted by molar-refractivity contribution is 0.0944. The lowest BCUT2D eigenvalue weighted by Crippen LogP contribution is -2.25. The lowest BCUT2D eigenvalue weighted by Gasteiger charge is -2.09. The average molecular weight is 266 g/mol. The summed E-state index contributed by atoms with van der Waals surface area (Å²) in [5.41, 5.74) is 6.83. The Kier molecular flexibility index (Phi) is 6.74. The van der Waals surface area contributed by atoms with Crippen molar-refractivity contribution >= 4 is 11.6 Å². The normalized spacial score (nSPS) is 10.2. The minimum atomic E-state index is -0.133. The Labute approximate surface area is 114 Å². The van der Waals surface area contributed by atoms with Crippen LogP contribution >= 0.6 is 0 Å². The number of hydrogen-bond donors (Lipinski definition) is 2. The van der Waals surface area contributed by atoms with Crippen LogP contribution in [-0.2, 0) is 4.74 Å². The van der Waals surface area contributed by atoms with Crippen molar-refractivity contribution in [2.75, 3.05) is 32.1 Å². The molecule has 0 aromatic heterocycles. The van der Waals surface area contributed by atoms with Crippen LogP contribution in [0.25, 0.3) is 0 Å². The number of carbonyl (C=O) groups is 1. The molecule has 0 fully saturated rings. The van der Waals surface area contributed by atoms with Crippen LogP contribution in [0.2, 0.25) is 0 Å². The fourth-order valence-corrected chi connectivity index (χ4v) is 1.60. The van der Waals surface area contributed by atoms with E-state index in [-0.39, 0.29) is 5.91 Å². The summed E-state index contributed by atoms with van der Waals surface area (Å²) in [5, 5.41) is 2.82. The second kappa shape index (κ2) is 8.37. The average Bonchev–Trinajstić information content (AvgIpc) is 2.41. The van der Waals surface area contributed by atoms with Gasteiger partial charge in [0.15, 0.2) is 0 Å². The molecular formula is C14H22N2O3. The highest BCUT2D eigenvalue weighted by Gasteiger charge is 2.08. The zero-order valence-corrected chi connectivity index (χ0v) is 11.6. The van der Waals surface area contributed by atoms with E-state index in [4.69, 9.17) is 15.2 Å². The van der Waals surface area contributed by atoms with Gasteiger partial charge in [0.25, 0.3) is 5.91 Å². The molecule has 5 heteroatoms. The molecule has 0 saturated heterocycles. The summed E-state index contributed by atoms with van der Waals surface area (Å²) >= 11 is 0. The van der Waals surface area contributed by atoms with Crippen LogP contribution in [0.5, 0.6) is 5.75 Å². The maximum absolute atomic E-state index is 11.9. The van der Waals surface area contributed by atoms with Crippen LogP contribution < -0.4 is 15.8 Å². The molecule has 1 aromatic carbocycles. The van der Waals surface area contributed by atoms with E-state index in [0.717, 1.165) is 6.42 Å². The largest absolute Gasteiger partial charge is 0.492 e. The summed E-state index contributed by atoms with van der Waals surface area (Å²) in [7, 11) is 0. The zero-order valence-electron chi connectivity index (χ0n) is 11.6. The van der Waals surface area contributed by atoms with Crippen molar-refractivity contribution in [3.63, 3.8) is 0 Å². The van der Waals surface area contributed by atoms with Crippen LogP contribution in [0.15, 0.2) is 18.2 Å². The molecule has 3 N–H and O–H groups in total. The maximum atomic E-state index is 11.9. The lowest BCUT2D eigenvalue weighted by atomic mass is 10.1. The number of ether oxygens (including phenoxy) is 2. The van der Waals surface area contributed by atoms with Gasteiger partial charge in [0, 0.05) is 25.3 Å². The molecule has 19 heavy (non-hydrogen) atoms. The fraction of sp³-hybridized carbons (Fsp3) is 0.500. The molecule has 1 aromatic rings. The number of anilines is 1. The number of nitrogens with two attached hydrogens (primary N) is 1. The molecule has 0 heterocycles. The number of carbonyl (C=O) groups excluding carboxylic acids is 1. The molecule has 0 unspecified atom stereocenters. The number of nitrogen functional groups attached to an aromatic ring is 1. The van der Waals surface area contributed by atoms with E-state index in [1.54, 1.807) is 18.2 Å². The SMILES string of the molecule is CCOCCCNC(=O)c1ccc(OCC)c(N)c1. The number of rotatable bonds is 8. The molecule has 0 spiro atoms. The van der Waals surface area contributed by atoms with Gasteiger partial charge in [-0.05, 0) is 38.5 Å². The van der Waals surface area contributed by atoms with Crippen LogP contribution in [0, 0.1) is 0 Å². The third kappa shape index (κ3) is 5.18. The molecule has 1 amide bonds. The monoisotopic (exact) mass is 266 g/mol. The Balaban J connectivity index is 2.46. The molecule has 0 radical (unpaired) electrons. The Morgan fingerprint density at radius 2 is 2.11 bits per heavy atom. The third-order valence-electron chi connectivity index (χ3n) is 2.53. The van der Waals surface area contributed by atoms with Gasteiger partial charge in [-0.2, -0.15) is 0 Å². The van der Waals surface area contributed by atoms with Crippen molar-refractivity contribution in [2.24, 2.45) is 0 Å². The van der Waals surface area contributed by atoms with E-state index in [1.807, 2.05) is 13.8 Å². The highest BCUT2D eigenvalue weighted by molar-refractivity contribution is 5.95. The molecule has 0 aliphatic heterocycles. The summed E-state index contributed by atoms with van der Waals surface area (Å²) in [6.07, 6.45) is 0.798. The molecule has 0 atom stereocenters. The van der Waals surface area contributed by atoms with Gasteiger partial charge in [0.05, 0.1) is 12.3 Å². The number of benzene rings is 1. The highest BCUT2D eigenvalue weighted by atomic mass is 16.5. The van der Waals surface area contributed by atoms with Gasteiger partial charge in [0.2, 0.25) is 0 Å². The summed E-state index contributed by atoms with van der Waals surface area (Å²) in [4.78, 5) is 11.9. The van der Waals surface area contributed by atoms with E-state index in [1.165, 1.54) is 0 Å². The molecular weight excluding hydrogens is 244 g/mol. The summed E-state index contributed by atoms with van der Waals surface area (Å²) in [5.74, 6) is 0.474. The molecule has 1 rings (SSSR count). The van der Waals surface area contributed by atoms with Gasteiger partial charge < -0.3 is 20.5 Å². The van der Waals surface area contributed by atoms with E-state index in [2.05, 4.69) is 5.32 Å². The first kappa shape index (κ1) is 15.3. The van der Waals surface area contributed by atoms with E-state index in [9.17, 15) is 4.79 Å². The summed E-state index contributed by atoms with van der Waals surface area (Å²) in [6, 6.07) is 5.05.